The van der Waals surface area contributed by atoms with Crippen molar-refractivity contribution in [2.24, 2.45) is 0 Å². The Balaban J connectivity index is 0.00000225. The number of rotatable bonds is 5. The maximum Gasteiger partial charge on any atom is 0.270 e. The van der Waals surface area contributed by atoms with Crippen molar-refractivity contribution in [2.75, 3.05) is 39.8 Å². The van der Waals surface area contributed by atoms with Crippen LogP contribution in [0.3, 0.4) is 0 Å². The van der Waals surface area contributed by atoms with Crippen LogP contribution in [0.1, 0.15) is 23.3 Å². The lowest BCUT2D eigenvalue weighted by Gasteiger charge is -2.34. The number of fused-ring (bicyclic) bond motifs is 1. The average molecular weight is 365 g/mol. The number of hydrogen-bond donors (Lipinski definition) is 2. The van der Waals surface area contributed by atoms with Crippen molar-refractivity contribution in [2.45, 2.75) is 12.8 Å². The molecule has 2 amide bonds. The zero-order chi connectivity index (χ0) is 16.9. The number of piperazine rings is 1. The molecular formula is C18H25ClN4O2. The topological polar surface area (TPSA) is 68.4 Å². The fourth-order valence-corrected chi connectivity index (χ4v) is 3.09. The highest BCUT2D eigenvalue weighted by atomic mass is 35.5. The van der Waals surface area contributed by atoms with E-state index >= 15 is 0 Å². The number of aromatic nitrogens is 1. The van der Waals surface area contributed by atoms with Gasteiger partial charge in [-0.3, -0.25) is 9.59 Å². The molecule has 3 rings (SSSR count). The van der Waals surface area contributed by atoms with Gasteiger partial charge in [0.25, 0.3) is 5.91 Å². The van der Waals surface area contributed by atoms with Crippen LogP contribution in [0, 0.1) is 0 Å². The number of carbonyl (C=O) groups excluding carboxylic acids is 2. The largest absolute Gasteiger partial charge is 0.351 e. The van der Waals surface area contributed by atoms with Crippen LogP contribution in [0.2, 0.25) is 0 Å². The molecule has 1 aliphatic heterocycles. The summed E-state index contributed by atoms with van der Waals surface area (Å²) in [5.41, 5.74) is 1.59. The number of nitrogens with zero attached hydrogens (tertiary/aromatic N) is 2. The zero-order valence-electron chi connectivity index (χ0n) is 14.5. The van der Waals surface area contributed by atoms with Crippen molar-refractivity contribution in [1.29, 1.82) is 0 Å². The van der Waals surface area contributed by atoms with Crippen molar-refractivity contribution < 1.29 is 9.59 Å². The van der Waals surface area contributed by atoms with Crippen LogP contribution < -0.4 is 5.32 Å². The van der Waals surface area contributed by atoms with Gasteiger partial charge in [0.1, 0.15) is 5.69 Å². The van der Waals surface area contributed by atoms with Crippen molar-refractivity contribution in [3.05, 3.63) is 36.0 Å². The molecule has 1 aliphatic rings. The summed E-state index contributed by atoms with van der Waals surface area (Å²) in [5.74, 6) is 0.191. The smallest absolute Gasteiger partial charge is 0.270 e. The Labute approximate surface area is 154 Å². The molecule has 0 spiro atoms. The fraction of sp³-hybridized carbons (Fsp3) is 0.444. The second-order valence-electron chi connectivity index (χ2n) is 6.15. The number of nitrogens with one attached hydrogen (secondary N) is 2. The minimum absolute atomic E-state index is 0. The highest BCUT2D eigenvalue weighted by Crippen LogP contribution is 2.17. The summed E-state index contributed by atoms with van der Waals surface area (Å²) in [7, 11) is 1.89. The third-order valence-electron chi connectivity index (χ3n) is 4.50. The van der Waals surface area contributed by atoms with Crippen LogP contribution in [0.25, 0.3) is 10.9 Å². The molecule has 6 nitrogen and oxygen atoms in total. The van der Waals surface area contributed by atoms with Crippen molar-refractivity contribution >= 4 is 35.1 Å². The SMILES string of the molecule is CNCCCC(=O)N1CCN(C(=O)c2cc3ccccc3[nH]2)CC1.Cl. The second kappa shape index (κ2) is 8.87. The molecular weight excluding hydrogens is 340 g/mol. The first-order valence-corrected chi connectivity index (χ1v) is 8.48. The molecule has 1 aromatic heterocycles. The molecule has 136 valence electrons. The van der Waals surface area contributed by atoms with E-state index in [2.05, 4.69) is 10.3 Å². The van der Waals surface area contributed by atoms with Crippen molar-refractivity contribution in [1.82, 2.24) is 20.1 Å². The summed E-state index contributed by atoms with van der Waals surface area (Å²) >= 11 is 0. The van der Waals surface area contributed by atoms with Crippen molar-refractivity contribution in [3.8, 4) is 0 Å². The van der Waals surface area contributed by atoms with Gasteiger partial charge < -0.3 is 20.1 Å². The molecule has 1 saturated heterocycles. The molecule has 1 fully saturated rings. The molecule has 2 N–H and O–H groups in total. The highest BCUT2D eigenvalue weighted by Gasteiger charge is 2.25. The monoisotopic (exact) mass is 364 g/mol. The van der Waals surface area contributed by atoms with Gasteiger partial charge in [-0.25, -0.2) is 0 Å². The molecule has 0 radical (unpaired) electrons. The lowest BCUT2D eigenvalue weighted by molar-refractivity contribution is -0.132. The first-order chi connectivity index (χ1) is 11.7. The van der Waals surface area contributed by atoms with E-state index in [1.54, 1.807) is 0 Å². The quantitative estimate of drug-likeness (QED) is 0.796. The minimum atomic E-state index is 0. The first kappa shape index (κ1) is 19.3. The summed E-state index contributed by atoms with van der Waals surface area (Å²) in [5, 5.41) is 4.09. The Morgan fingerprint density at radius 3 is 2.48 bits per heavy atom. The van der Waals surface area contributed by atoms with Gasteiger partial charge in [-0.15, -0.1) is 12.4 Å². The second-order valence-corrected chi connectivity index (χ2v) is 6.15. The Kier molecular flexibility index (Phi) is 6.84. The Morgan fingerprint density at radius 1 is 1.12 bits per heavy atom. The number of H-pyrrole nitrogens is 1. The van der Waals surface area contributed by atoms with E-state index in [0.29, 0.717) is 38.3 Å². The van der Waals surface area contributed by atoms with E-state index in [9.17, 15) is 9.59 Å². The molecule has 0 bridgehead atoms. The van der Waals surface area contributed by atoms with Crippen LogP contribution >= 0.6 is 12.4 Å². The van der Waals surface area contributed by atoms with E-state index in [4.69, 9.17) is 0 Å². The number of benzene rings is 1. The summed E-state index contributed by atoms with van der Waals surface area (Å²) in [6.45, 7) is 3.26. The maximum atomic E-state index is 12.6. The molecule has 0 atom stereocenters. The third-order valence-corrected chi connectivity index (χ3v) is 4.50. The number of aromatic amines is 1. The first-order valence-electron chi connectivity index (χ1n) is 8.48. The fourth-order valence-electron chi connectivity index (χ4n) is 3.09. The van der Waals surface area contributed by atoms with E-state index < -0.39 is 0 Å². The van der Waals surface area contributed by atoms with Gasteiger partial charge in [-0.05, 0) is 32.1 Å². The highest BCUT2D eigenvalue weighted by molar-refractivity contribution is 5.98. The Hall–Kier alpha value is -2.05. The minimum Gasteiger partial charge on any atom is -0.351 e. The molecule has 1 aromatic carbocycles. The lowest BCUT2D eigenvalue weighted by atomic mass is 10.2. The van der Waals surface area contributed by atoms with Gasteiger partial charge in [0, 0.05) is 43.5 Å². The summed E-state index contributed by atoms with van der Waals surface area (Å²) < 4.78 is 0. The van der Waals surface area contributed by atoms with Gasteiger partial charge in [0.15, 0.2) is 0 Å². The molecule has 0 unspecified atom stereocenters. The van der Waals surface area contributed by atoms with E-state index in [0.717, 1.165) is 23.9 Å². The zero-order valence-corrected chi connectivity index (χ0v) is 15.3. The Morgan fingerprint density at radius 2 is 1.80 bits per heavy atom. The molecule has 7 heteroatoms. The number of para-hydroxylation sites is 1. The molecule has 2 heterocycles. The van der Waals surface area contributed by atoms with Crippen molar-refractivity contribution in [3.63, 3.8) is 0 Å². The van der Waals surface area contributed by atoms with E-state index in [1.807, 2.05) is 47.2 Å². The van der Waals surface area contributed by atoms with Crippen LogP contribution in [-0.4, -0.2) is 66.4 Å². The van der Waals surface area contributed by atoms with Crippen LogP contribution in [0.4, 0.5) is 0 Å². The van der Waals surface area contributed by atoms with Crippen LogP contribution in [0.15, 0.2) is 30.3 Å². The summed E-state index contributed by atoms with van der Waals surface area (Å²) in [6.07, 6.45) is 1.42. The normalized spacial score (nSPS) is 14.4. The lowest BCUT2D eigenvalue weighted by Crippen LogP contribution is -2.50. The maximum absolute atomic E-state index is 12.6. The summed E-state index contributed by atoms with van der Waals surface area (Å²) in [6, 6.07) is 9.76. The Bertz CT molecular complexity index is 690. The number of hydrogen-bond acceptors (Lipinski definition) is 3. The van der Waals surface area contributed by atoms with Crippen LogP contribution in [0.5, 0.6) is 0 Å². The van der Waals surface area contributed by atoms with Gasteiger partial charge in [0.05, 0.1) is 0 Å². The van der Waals surface area contributed by atoms with Gasteiger partial charge >= 0.3 is 0 Å². The number of carbonyl (C=O) groups is 2. The molecule has 2 aromatic rings. The molecule has 0 saturated carbocycles. The predicted molar refractivity (Wildman–Crippen MR) is 101 cm³/mol. The van der Waals surface area contributed by atoms with E-state index in [-0.39, 0.29) is 24.2 Å². The average Bonchev–Trinajstić information content (AvgIpc) is 3.05. The predicted octanol–water partition coefficient (Wildman–Crippen LogP) is 1.87. The number of amides is 2. The van der Waals surface area contributed by atoms with Gasteiger partial charge in [0.2, 0.25) is 5.91 Å². The standard InChI is InChI=1S/C18H24N4O2.ClH/c1-19-8-4-7-17(23)21-9-11-22(12-10-21)18(24)16-13-14-5-2-3-6-15(14)20-16;/h2-3,5-6,13,19-20H,4,7-12H2,1H3;1H. The third kappa shape index (κ3) is 4.52. The number of halogens is 1. The van der Waals surface area contributed by atoms with Gasteiger partial charge in [-0.2, -0.15) is 0 Å². The van der Waals surface area contributed by atoms with E-state index in [1.165, 1.54) is 0 Å². The van der Waals surface area contributed by atoms with Gasteiger partial charge in [-0.1, -0.05) is 18.2 Å². The molecule has 0 aliphatic carbocycles. The summed E-state index contributed by atoms with van der Waals surface area (Å²) in [4.78, 5) is 31.6. The van der Waals surface area contributed by atoms with Crippen LogP contribution in [-0.2, 0) is 4.79 Å². The molecule has 25 heavy (non-hydrogen) atoms.